The predicted octanol–water partition coefficient (Wildman–Crippen LogP) is 3.96. The molecule has 2 aliphatic heterocycles. The quantitative estimate of drug-likeness (QED) is 0.512. The SMILES string of the molecule is COc1ccccc1N1CCN(C(=O)C2CCN(Cc3nc(-c4ccc(Cl)cc4)no3)CC2)CC1. The highest BCUT2D eigenvalue weighted by Gasteiger charge is 2.31. The van der Waals surface area contributed by atoms with Crippen molar-refractivity contribution in [3.05, 3.63) is 59.4 Å². The van der Waals surface area contributed by atoms with Crippen LogP contribution in [-0.2, 0) is 11.3 Å². The fourth-order valence-corrected chi connectivity index (χ4v) is 5.01. The highest BCUT2D eigenvalue weighted by Crippen LogP contribution is 2.29. The Hall–Kier alpha value is -3.10. The second-order valence-corrected chi connectivity index (χ2v) is 9.49. The number of benzene rings is 2. The lowest BCUT2D eigenvalue weighted by atomic mass is 9.95. The van der Waals surface area contributed by atoms with Gasteiger partial charge in [-0.2, -0.15) is 4.98 Å². The summed E-state index contributed by atoms with van der Waals surface area (Å²) >= 11 is 5.96. The molecule has 2 aliphatic rings. The number of para-hydroxylation sites is 2. The van der Waals surface area contributed by atoms with Crippen LogP contribution in [0.1, 0.15) is 18.7 Å². The van der Waals surface area contributed by atoms with Gasteiger partial charge in [-0.05, 0) is 62.3 Å². The summed E-state index contributed by atoms with van der Waals surface area (Å²) in [6.45, 7) is 5.40. The maximum absolute atomic E-state index is 13.2. The number of hydrogen-bond donors (Lipinski definition) is 0. The molecule has 0 spiro atoms. The maximum Gasteiger partial charge on any atom is 0.241 e. The molecule has 2 fully saturated rings. The van der Waals surface area contributed by atoms with Crippen LogP contribution in [0.2, 0.25) is 5.02 Å². The predicted molar refractivity (Wildman–Crippen MR) is 135 cm³/mol. The number of piperazine rings is 1. The first-order valence-corrected chi connectivity index (χ1v) is 12.5. The largest absolute Gasteiger partial charge is 0.495 e. The van der Waals surface area contributed by atoms with Crippen molar-refractivity contribution in [1.29, 1.82) is 0 Å². The van der Waals surface area contributed by atoms with Crippen LogP contribution in [0.25, 0.3) is 11.4 Å². The monoisotopic (exact) mass is 495 g/mol. The van der Waals surface area contributed by atoms with Gasteiger partial charge in [0.1, 0.15) is 5.75 Å². The molecule has 9 heteroatoms. The van der Waals surface area contributed by atoms with E-state index in [4.69, 9.17) is 20.9 Å². The Morgan fingerprint density at radius 3 is 2.46 bits per heavy atom. The molecule has 0 bridgehead atoms. The van der Waals surface area contributed by atoms with E-state index in [0.717, 1.165) is 69.1 Å². The number of rotatable bonds is 6. The summed E-state index contributed by atoms with van der Waals surface area (Å²) in [5.41, 5.74) is 1.97. The van der Waals surface area contributed by atoms with Crippen LogP contribution in [0.4, 0.5) is 5.69 Å². The van der Waals surface area contributed by atoms with Crippen molar-refractivity contribution in [1.82, 2.24) is 19.9 Å². The molecule has 0 saturated carbocycles. The molecule has 0 aliphatic carbocycles. The van der Waals surface area contributed by atoms with Crippen molar-refractivity contribution in [2.75, 3.05) is 51.3 Å². The lowest BCUT2D eigenvalue weighted by Gasteiger charge is -2.39. The first-order valence-electron chi connectivity index (χ1n) is 12.1. The zero-order valence-electron chi connectivity index (χ0n) is 19.9. The zero-order valence-corrected chi connectivity index (χ0v) is 20.7. The summed E-state index contributed by atoms with van der Waals surface area (Å²) in [4.78, 5) is 24.3. The molecule has 184 valence electrons. The minimum absolute atomic E-state index is 0.0800. The molecule has 0 atom stereocenters. The standard InChI is InChI=1S/C26H30ClN5O3/c1-34-23-5-3-2-4-22(23)31-14-16-32(17-15-31)26(33)20-10-12-30(13-11-20)18-24-28-25(29-35-24)19-6-8-21(27)9-7-19/h2-9,20H,10-18H2,1H3. The highest BCUT2D eigenvalue weighted by molar-refractivity contribution is 6.30. The smallest absolute Gasteiger partial charge is 0.241 e. The lowest BCUT2D eigenvalue weighted by Crippen LogP contribution is -2.51. The Balaban J connectivity index is 1.09. The second kappa shape index (κ2) is 10.7. The third kappa shape index (κ3) is 5.44. The normalized spacial score (nSPS) is 17.5. The molecule has 3 aromatic rings. The molecule has 1 aromatic heterocycles. The minimum Gasteiger partial charge on any atom is -0.495 e. The molecule has 2 saturated heterocycles. The topological polar surface area (TPSA) is 74.9 Å². The Kier molecular flexibility index (Phi) is 7.20. The fourth-order valence-electron chi connectivity index (χ4n) is 4.88. The van der Waals surface area contributed by atoms with Crippen molar-refractivity contribution in [2.45, 2.75) is 19.4 Å². The summed E-state index contributed by atoms with van der Waals surface area (Å²) < 4.78 is 11.0. The third-order valence-electron chi connectivity index (χ3n) is 6.88. The number of piperidine rings is 1. The molecule has 1 amide bonds. The molecule has 3 heterocycles. The summed E-state index contributed by atoms with van der Waals surface area (Å²) in [6, 6.07) is 15.4. The summed E-state index contributed by atoms with van der Waals surface area (Å²) in [5, 5.41) is 4.77. The zero-order chi connectivity index (χ0) is 24.2. The molecule has 35 heavy (non-hydrogen) atoms. The number of hydrogen-bond acceptors (Lipinski definition) is 7. The van der Waals surface area contributed by atoms with Crippen LogP contribution in [-0.4, -0.2) is 72.2 Å². The molecule has 0 radical (unpaired) electrons. The van der Waals surface area contributed by atoms with Crippen LogP contribution >= 0.6 is 11.6 Å². The second-order valence-electron chi connectivity index (χ2n) is 9.05. The summed E-state index contributed by atoms with van der Waals surface area (Å²) in [7, 11) is 1.70. The van der Waals surface area contributed by atoms with Gasteiger partial charge in [-0.3, -0.25) is 9.69 Å². The minimum atomic E-state index is 0.0800. The van der Waals surface area contributed by atoms with Crippen LogP contribution < -0.4 is 9.64 Å². The lowest BCUT2D eigenvalue weighted by molar-refractivity contribution is -0.137. The number of nitrogens with zero attached hydrogens (tertiary/aromatic N) is 5. The van der Waals surface area contributed by atoms with E-state index in [1.165, 1.54) is 0 Å². The van der Waals surface area contributed by atoms with Gasteiger partial charge >= 0.3 is 0 Å². The maximum atomic E-state index is 13.2. The van der Waals surface area contributed by atoms with Crippen LogP contribution in [0.15, 0.2) is 53.1 Å². The number of ether oxygens (including phenoxy) is 1. The van der Waals surface area contributed by atoms with Gasteiger partial charge in [0.05, 0.1) is 19.3 Å². The van der Waals surface area contributed by atoms with E-state index in [1.54, 1.807) is 7.11 Å². The number of likely N-dealkylation sites (tertiary alicyclic amines) is 1. The number of amides is 1. The van der Waals surface area contributed by atoms with Gasteiger partial charge in [-0.25, -0.2) is 0 Å². The fraction of sp³-hybridized carbons (Fsp3) is 0.423. The van der Waals surface area contributed by atoms with Gasteiger partial charge in [0.15, 0.2) is 0 Å². The Bertz CT molecular complexity index is 1140. The van der Waals surface area contributed by atoms with Crippen LogP contribution in [0.3, 0.4) is 0 Å². The van der Waals surface area contributed by atoms with Gasteiger partial charge in [0.2, 0.25) is 17.6 Å². The van der Waals surface area contributed by atoms with Crippen molar-refractivity contribution in [3.8, 4) is 17.1 Å². The Morgan fingerprint density at radius 1 is 1.03 bits per heavy atom. The van der Waals surface area contributed by atoms with E-state index in [2.05, 4.69) is 26.0 Å². The molecule has 5 rings (SSSR count). The molecule has 2 aromatic carbocycles. The first-order chi connectivity index (χ1) is 17.1. The molecule has 0 N–H and O–H groups in total. The van der Waals surface area contributed by atoms with Gasteiger partial charge in [-0.1, -0.05) is 28.9 Å². The van der Waals surface area contributed by atoms with Gasteiger partial charge in [-0.15, -0.1) is 0 Å². The highest BCUT2D eigenvalue weighted by atomic mass is 35.5. The first kappa shape index (κ1) is 23.6. The van der Waals surface area contributed by atoms with E-state index < -0.39 is 0 Å². The number of methoxy groups -OCH3 is 1. The van der Waals surface area contributed by atoms with Crippen molar-refractivity contribution >= 4 is 23.2 Å². The number of carbonyl (C=O) groups is 1. The molecular formula is C26H30ClN5O3. The van der Waals surface area contributed by atoms with Crippen molar-refractivity contribution in [2.24, 2.45) is 5.92 Å². The van der Waals surface area contributed by atoms with E-state index in [0.29, 0.717) is 23.3 Å². The third-order valence-corrected chi connectivity index (χ3v) is 7.14. The van der Waals surface area contributed by atoms with Crippen LogP contribution in [0.5, 0.6) is 5.75 Å². The van der Waals surface area contributed by atoms with Gasteiger partial charge < -0.3 is 19.1 Å². The van der Waals surface area contributed by atoms with E-state index >= 15 is 0 Å². The molecule has 0 unspecified atom stereocenters. The average molecular weight is 496 g/mol. The van der Waals surface area contributed by atoms with Crippen molar-refractivity contribution < 1.29 is 14.1 Å². The van der Waals surface area contributed by atoms with Crippen LogP contribution in [0, 0.1) is 5.92 Å². The molecule has 8 nitrogen and oxygen atoms in total. The van der Waals surface area contributed by atoms with E-state index in [-0.39, 0.29) is 11.8 Å². The number of anilines is 1. The molecular weight excluding hydrogens is 466 g/mol. The average Bonchev–Trinajstić information content (AvgIpc) is 3.37. The Labute approximate surface area is 210 Å². The summed E-state index contributed by atoms with van der Waals surface area (Å²) in [5.74, 6) is 2.39. The van der Waals surface area contributed by atoms with Gasteiger partial charge in [0.25, 0.3) is 0 Å². The Morgan fingerprint density at radius 2 is 1.74 bits per heavy atom. The van der Waals surface area contributed by atoms with E-state index in [1.807, 2.05) is 47.4 Å². The van der Waals surface area contributed by atoms with Crippen molar-refractivity contribution in [3.63, 3.8) is 0 Å². The summed E-state index contributed by atoms with van der Waals surface area (Å²) in [6.07, 6.45) is 1.70. The van der Waals surface area contributed by atoms with Gasteiger partial charge in [0, 0.05) is 42.7 Å². The number of carbonyl (C=O) groups excluding carboxylic acids is 1. The number of halogens is 1. The number of aromatic nitrogens is 2. The van der Waals surface area contributed by atoms with E-state index in [9.17, 15) is 4.79 Å².